The monoisotopic (exact) mass is 404 g/mol. The van der Waals surface area contributed by atoms with Gasteiger partial charge in [0, 0.05) is 6.07 Å². The van der Waals surface area contributed by atoms with Crippen LogP contribution in [0.5, 0.6) is 5.75 Å². The number of ether oxygens (including phenoxy) is 2. The number of carbonyl (C=O) groups is 2. The van der Waals surface area contributed by atoms with Crippen molar-refractivity contribution < 1.29 is 24.0 Å². The minimum Gasteiger partial charge on any atom is -0.495 e. The van der Waals surface area contributed by atoms with E-state index < -0.39 is 22.9 Å². The molecule has 8 nitrogen and oxygen atoms in total. The fraction of sp³-hybridized carbons (Fsp3) is 0.263. The number of benzene rings is 2. The van der Waals surface area contributed by atoms with Crippen LogP contribution in [0.15, 0.2) is 41.3 Å². The van der Waals surface area contributed by atoms with E-state index in [9.17, 15) is 19.7 Å². The Bertz CT molecular complexity index is 915. The molecule has 28 heavy (non-hydrogen) atoms. The number of rotatable bonds is 7. The van der Waals surface area contributed by atoms with E-state index in [-0.39, 0.29) is 11.3 Å². The van der Waals surface area contributed by atoms with E-state index in [2.05, 4.69) is 5.32 Å². The average molecular weight is 404 g/mol. The Labute approximate surface area is 166 Å². The van der Waals surface area contributed by atoms with Gasteiger partial charge in [-0.2, -0.15) is 0 Å². The van der Waals surface area contributed by atoms with Crippen LogP contribution in [0.4, 0.5) is 11.4 Å². The number of anilines is 1. The second-order valence-corrected chi connectivity index (χ2v) is 6.73. The molecular weight excluding hydrogens is 384 g/mol. The molecule has 1 unspecified atom stereocenters. The second kappa shape index (κ2) is 9.23. The minimum absolute atomic E-state index is 0.00251. The molecule has 2 aromatic rings. The van der Waals surface area contributed by atoms with Gasteiger partial charge in [-0.15, -0.1) is 11.8 Å². The topological polar surface area (TPSA) is 108 Å². The highest BCUT2D eigenvalue weighted by Gasteiger charge is 2.23. The van der Waals surface area contributed by atoms with E-state index >= 15 is 0 Å². The van der Waals surface area contributed by atoms with Crippen LogP contribution in [0.25, 0.3) is 0 Å². The molecule has 9 heteroatoms. The molecule has 1 atom stereocenters. The van der Waals surface area contributed by atoms with Crippen molar-refractivity contribution in [2.45, 2.75) is 24.8 Å². The lowest BCUT2D eigenvalue weighted by Crippen LogP contribution is -2.30. The molecule has 1 amide bonds. The zero-order valence-corrected chi connectivity index (χ0v) is 16.7. The average Bonchev–Trinajstić information content (AvgIpc) is 2.67. The number of carbonyl (C=O) groups excluding carboxylic acids is 2. The van der Waals surface area contributed by atoms with Gasteiger partial charge in [-0.05, 0) is 49.9 Å². The van der Waals surface area contributed by atoms with Gasteiger partial charge in [0.05, 0.1) is 28.2 Å². The van der Waals surface area contributed by atoms with E-state index in [1.54, 1.807) is 18.4 Å². The highest BCUT2D eigenvalue weighted by Crippen LogP contribution is 2.29. The van der Waals surface area contributed by atoms with E-state index in [1.165, 1.54) is 37.9 Å². The van der Waals surface area contributed by atoms with Gasteiger partial charge in [-0.25, -0.2) is 4.79 Å². The molecule has 0 spiro atoms. The molecule has 0 aliphatic heterocycles. The smallest absolute Gasteiger partial charge is 0.339 e. The number of nitrogens with zero attached hydrogens (tertiary/aromatic N) is 1. The van der Waals surface area contributed by atoms with Crippen molar-refractivity contribution in [3.05, 3.63) is 57.6 Å². The normalized spacial score (nSPS) is 11.4. The minimum atomic E-state index is -1.11. The molecule has 148 valence electrons. The molecule has 0 aromatic heterocycles. The summed E-state index contributed by atoms with van der Waals surface area (Å²) in [7, 11) is 1.48. The van der Waals surface area contributed by atoms with Gasteiger partial charge in [-0.3, -0.25) is 14.9 Å². The molecule has 0 fully saturated rings. The Morgan fingerprint density at radius 1 is 1.21 bits per heavy atom. The van der Waals surface area contributed by atoms with Crippen molar-refractivity contribution in [1.29, 1.82) is 0 Å². The molecule has 0 saturated carbocycles. The molecule has 2 rings (SSSR count). The number of amides is 1. The highest BCUT2D eigenvalue weighted by atomic mass is 32.2. The number of nitro groups is 1. The van der Waals surface area contributed by atoms with Crippen molar-refractivity contribution in [3.63, 3.8) is 0 Å². The van der Waals surface area contributed by atoms with Gasteiger partial charge >= 0.3 is 5.97 Å². The summed E-state index contributed by atoms with van der Waals surface area (Å²) in [6.45, 7) is 3.28. The fourth-order valence-electron chi connectivity index (χ4n) is 2.40. The Kier molecular flexibility index (Phi) is 7.00. The van der Waals surface area contributed by atoms with Crippen LogP contribution >= 0.6 is 11.8 Å². The quantitative estimate of drug-likeness (QED) is 0.323. The van der Waals surface area contributed by atoms with Crippen molar-refractivity contribution >= 4 is 35.0 Å². The van der Waals surface area contributed by atoms with Crippen molar-refractivity contribution in [1.82, 2.24) is 0 Å². The summed E-state index contributed by atoms with van der Waals surface area (Å²) in [5.41, 5.74) is 1.18. The molecular formula is C19H20N2O6S. The van der Waals surface area contributed by atoms with Crippen molar-refractivity contribution in [3.8, 4) is 5.75 Å². The van der Waals surface area contributed by atoms with Crippen LogP contribution in [0, 0.1) is 17.0 Å². The first-order valence-electron chi connectivity index (χ1n) is 8.25. The van der Waals surface area contributed by atoms with Gasteiger partial charge in [0.15, 0.2) is 6.10 Å². The van der Waals surface area contributed by atoms with E-state index in [4.69, 9.17) is 9.47 Å². The number of esters is 1. The number of nitrogens with one attached hydrogen (secondary N) is 1. The van der Waals surface area contributed by atoms with Crippen molar-refractivity contribution in [2.75, 3.05) is 18.7 Å². The first-order valence-corrected chi connectivity index (χ1v) is 9.48. The summed E-state index contributed by atoms with van der Waals surface area (Å²) in [6.07, 6.45) is 0.587. The first-order chi connectivity index (χ1) is 13.3. The largest absolute Gasteiger partial charge is 0.495 e. The molecule has 2 aromatic carbocycles. The lowest BCUT2D eigenvalue weighted by atomic mass is 10.2. The van der Waals surface area contributed by atoms with E-state index in [0.717, 1.165) is 11.6 Å². The molecule has 0 radical (unpaired) electrons. The van der Waals surface area contributed by atoms with Crippen LogP contribution in [-0.4, -0.2) is 36.3 Å². The molecule has 0 aliphatic carbocycles. The second-order valence-electron chi connectivity index (χ2n) is 5.88. The van der Waals surface area contributed by atoms with Crippen LogP contribution in [-0.2, 0) is 9.53 Å². The summed E-state index contributed by atoms with van der Waals surface area (Å²) in [5, 5.41) is 13.8. The molecule has 0 aliphatic rings. The van der Waals surface area contributed by atoms with Crippen LogP contribution in [0.3, 0.4) is 0 Å². The molecule has 0 bridgehead atoms. The SMILES string of the molecule is COc1ccc(C)cc1NC(=O)C(C)OC(=O)c1ccc(SC)c([N+](=O)[O-])c1. The maximum atomic E-state index is 12.4. The van der Waals surface area contributed by atoms with Gasteiger partial charge in [0.2, 0.25) is 0 Å². The summed E-state index contributed by atoms with van der Waals surface area (Å²) in [4.78, 5) is 35.7. The standard InChI is InChI=1S/C19H20N2O6S/c1-11-5-7-16(26-3)14(9-11)20-18(22)12(2)27-19(23)13-6-8-17(28-4)15(10-13)21(24)25/h5-10,12H,1-4H3,(H,20,22). The third-order valence-corrected chi connectivity index (χ3v) is 4.66. The lowest BCUT2D eigenvalue weighted by Gasteiger charge is -2.15. The zero-order chi connectivity index (χ0) is 20.8. The number of thioether (sulfide) groups is 1. The van der Waals surface area contributed by atoms with E-state index in [0.29, 0.717) is 16.3 Å². The summed E-state index contributed by atoms with van der Waals surface area (Å²) >= 11 is 1.20. The van der Waals surface area contributed by atoms with Gasteiger partial charge in [0.1, 0.15) is 5.75 Å². The van der Waals surface area contributed by atoms with Crippen LogP contribution in [0.1, 0.15) is 22.8 Å². The van der Waals surface area contributed by atoms with Gasteiger partial charge in [-0.1, -0.05) is 6.07 Å². The zero-order valence-electron chi connectivity index (χ0n) is 15.8. The Morgan fingerprint density at radius 2 is 1.93 bits per heavy atom. The van der Waals surface area contributed by atoms with Crippen LogP contribution in [0.2, 0.25) is 0 Å². The van der Waals surface area contributed by atoms with E-state index in [1.807, 2.05) is 13.0 Å². The number of nitro benzene ring substituents is 1. The molecule has 0 saturated heterocycles. The van der Waals surface area contributed by atoms with Crippen LogP contribution < -0.4 is 10.1 Å². The third kappa shape index (κ3) is 5.01. The third-order valence-electron chi connectivity index (χ3n) is 3.88. The number of aryl methyl sites for hydroxylation is 1. The molecule has 1 N–H and O–H groups in total. The number of hydrogen-bond acceptors (Lipinski definition) is 7. The maximum absolute atomic E-state index is 12.4. The summed E-state index contributed by atoms with van der Waals surface area (Å²) in [5.74, 6) is -0.900. The Balaban J connectivity index is 2.12. The Morgan fingerprint density at radius 3 is 2.54 bits per heavy atom. The first kappa shape index (κ1) is 21.2. The maximum Gasteiger partial charge on any atom is 0.339 e. The summed E-state index contributed by atoms with van der Waals surface area (Å²) in [6, 6.07) is 9.33. The molecule has 0 heterocycles. The predicted molar refractivity (Wildman–Crippen MR) is 106 cm³/mol. The lowest BCUT2D eigenvalue weighted by molar-refractivity contribution is -0.387. The Hall–Kier alpha value is -3.07. The highest BCUT2D eigenvalue weighted by molar-refractivity contribution is 7.98. The number of methoxy groups -OCH3 is 1. The van der Waals surface area contributed by atoms with Gasteiger partial charge in [0.25, 0.3) is 11.6 Å². The summed E-state index contributed by atoms with van der Waals surface area (Å²) < 4.78 is 10.4. The van der Waals surface area contributed by atoms with Crippen molar-refractivity contribution in [2.24, 2.45) is 0 Å². The van der Waals surface area contributed by atoms with Gasteiger partial charge < -0.3 is 14.8 Å². The number of hydrogen-bond donors (Lipinski definition) is 1. The predicted octanol–water partition coefficient (Wildman–Crippen LogP) is 3.82. The fourth-order valence-corrected chi connectivity index (χ4v) is 2.94.